The molecule has 1 aromatic heterocycles. The van der Waals surface area contributed by atoms with E-state index in [1.807, 2.05) is 0 Å². The lowest BCUT2D eigenvalue weighted by Gasteiger charge is -2.08. The highest BCUT2D eigenvalue weighted by atomic mass is 35.5. The van der Waals surface area contributed by atoms with Crippen molar-refractivity contribution in [2.45, 2.75) is 5.16 Å². The third-order valence-corrected chi connectivity index (χ3v) is 3.68. The van der Waals surface area contributed by atoms with E-state index >= 15 is 0 Å². The Labute approximate surface area is 129 Å². The van der Waals surface area contributed by atoms with Gasteiger partial charge in [0.25, 0.3) is 0 Å². The van der Waals surface area contributed by atoms with Crippen LogP contribution in [0.4, 0.5) is 4.39 Å². The third kappa shape index (κ3) is 2.91. The van der Waals surface area contributed by atoms with Crippen LogP contribution in [0.15, 0.2) is 22.1 Å². The van der Waals surface area contributed by atoms with Crippen molar-refractivity contribution in [3.63, 3.8) is 0 Å². The predicted octanol–water partition coefficient (Wildman–Crippen LogP) is 2.10. The standard InChI is InChI=1S/C13H11ClFN3O2S/c1-4-5-20-11-7-10(9(15)6-8(11)14)18-13(19)17(2)12(16-18)21-3/h1,6-7H,5H2,2-3H3. The molecule has 0 bridgehead atoms. The largest absolute Gasteiger partial charge is 0.479 e. The monoisotopic (exact) mass is 327 g/mol. The van der Waals surface area contributed by atoms with Crippen LogP contribution in [0.1, 0.15) is 0 Å². The molecule has 110 valence electrons. The van der Waals surface area contributed by atoms with Crippen LogP contribution in [-0.4, -0.2) is 27.2 Å². The number of nitrogens with zero attached hydrogens (tertiary/aromatic N) is 3. The summed E-state index contributed by atoms with van der Waals surface area (Å²) >= 11 is 7.15. The van der Waals surface area contributed by atoms with Crippen molar-refractivity contribution in [1.29, 1.82) is 0 Å². The Morgan fingerprint density at radius 3 is 2.86 bits per heavy atom. The van der Waals surface area contributed by atoms with E-state index in [-0.39, 0.29) is 23.1 Å². The van der Waals surface area contributed by atoms with E-state index in [1.165, 1.54) is 22.4 Å². The van der Waals surface area contributed by atoms with E-state index in [9.17, 15) is 9.18 Å². The molecule has 0 fully saturated rings. The molecule has 0 aliphatic rings. The molecule has 8 heteroatoms. The number of hydrogen-bond donors (Lipinski definition) is 0. The van der Waals surface area contributed by atoms with E-state index < -0.39 is 11.5 Å². The molecule has 0 N–H and O–H groups in total. The molecule has 0 radical (unpaired) electrons. The molecule has 0 spiro atoms. The maximum Gasteiger partial charge on any atom is 0.351 e. The maximum atomic E-state index is 14.1. The minimum Gasteiger partial charge on any atom is -0.479 e. The zero-order valence-electron chi connectivity index (χ0n) is 11.3. The molecule has 0 aliphatic heterocycles. The van der Waals surface area contributed by atoms with E-state index in [2.05, 4.69) is 11.0 Å². The Balaban J connectivity index is 2.59. The Morgan fingerprint density at radius 2 is 2.29 bits per heavy atom. The van der Waals surface area contributed by atoms with Crippen LogP contribution in [0, 0.1) is 18.2 Å². The molecule has 1 heterocycles. The fraction of sp³-hybridized carbons (Fsp3) is 0.231. The second-order valence-electron chi connectivity index (χ2n) is 3.97. The van der Waals surface area contributed by atoms with Gasteiger partial charge in [-0.05, 0) is 12.3 Å². The Bertz CT molecular complexity index is 779. The SMILES string of the molecule is C#CCOc1cc(-n2nc(SC)n(C)c2=O)c(F)cc1Cl. The summed E-state index contributed by atoms with van der Waals surface area (Å²) in [5.41, 5.74) is -0.518. The fourth-order valence-electron chi connectivity index (χ4n) is 1.66. The van der Waals surface area contributed by atoms with Gasteiger partial charge in [-0.2, -0.15) is 4.68 Å². The quantitative estimate of drug-likeness (QED) is 0.637. The second-order valence-corrected chi connectivity index (χ2v) is 5.15. The molecular formula is C13H11ClFN3O2S. The van der Waals surface area contributed by atoms with E-state index in [0.29, 0.717) is 5.16 Å². The molecule has 0 saturated heterocycles. The number of benzene rings is 1. The number of aromatic nitrogens is 3. The number of hydrogen-bond acceptors (Lipinski definition) is 4. The molecule has 0 saturated carbocycles. The molecule has 0 amide bonds. The third-order valence-electron chi connectivity index (χ3n) is 2.66. The van der Waals surface area contributed by atoms with Crippen molar-refractivity contribution in [2.75, 3.05) is 12.9 Å². The van der Waals surface area contributed by atoms with Crippen molar-refractivity contribution >= 4 is 23.4 Å². The van der Waals surface area contributed by atoms with Gasteiger partial charge in [-0.3, -0.25) is 4.57 Å². The summed E-state index contributed by atoms with van der Waals surface area (Å²) in [6, 6.07) is 2.36. The highest BCUT2D eigenvalue weighted by Crippen LogP contribution is 2.29. The van der Waals surface area contributed by atoms with E-state index in [4.69, 9.17) is 22.8 Å². The van der Waals surface area contributed by atoms with Crippen molar-refractivity contribution < 1.29 is 9.13 Å². The van der Waals surface area contributed by atoms with Crippen LogP contribution in [0.3, 0.4) is 0 Å². The maximum absolute atomic E-state index is 14.1. The molecule has 1 aromatic carbocycles. The number of halogens is 2. The van der Waals surface area contributed by atoms with Gasteiger partial charge < -0.3 is 4.74 Å². The van der Waals surface area contributed by atoms with Gasteiger partial charge in [0.05, 0.1) is 5.02 Å². The lowest BCUT2D eigenvalue weighted by molar-refractivity contribution is 0.369. The van der Waals surface area contributed by atoms with Gasteiger partial charge in [-0.1, -0.05) is 29.3 Å². The Morgan fingerprint density at radius 1 is 1.57 bits per heavy atom. The zero-order valence-corrected chi connectivity index (χ0v) is 12.8. The molecule has 0 aliphatic carbocycles. The van der Waals surface area contributed by atoms with Crippen molar-refractivity contribution in [1.82, 2.24) is 14.3 Å². The first kappa shape index (κ1) is 15.5. The highest BCUT2D eigenvalue weighted by molar-refractivity contribution is 7.98. The van der Waals surface area contributed by atoms with Gasteiger partial charge in [-0.25, -0.2) is 9.18 Å². The van der Waals surface area contributed by atoms with E-state index in [1.54, 1.807) is 13.3 Å². The average molecular weight is 328 g/mol. The fourth-order valence-corrected chi connectivity index (χ4v) is 2.38. The van der Waals surface area contributed by atoms with Crippen molar-refractivity contribution in [3.05, 3.63) is 33.5 Å². The van der Waals surface area contributed by atoms with Gasteiger partial charge in [0.1, 0.15) is 18.0 Å². The number of terminal acetylenes is 1. The smallest absolute Gasteiger partial charge is 0.351 e. The normalized spacial score (nSPS) is 10.4. The minimum atomic E-state index is -0.680. The first-order valence-electron chi connectivity index (χ1n) is 5.75. The van der Waals surface area contributed by atoms with Gasteiger partial charge >= 0.3 is 5.69 Å². The zero-order chi connectivity index (χ0) is 15.6. The summed E-state index contributed by atoms with van der Waals surface area (Å²) in [6.45, 7) is -0.0159. The second kappa shape index (κ2) is 6.24. The van der Waals surface area contributed by atoms with E-state index in [0.717, 1.165) is 10.7 Å². The van der Waals surface area contributed by atoms with Crippen LogP contribution in [0.2, 0.25) is 5.02 Å². The van der Waals surface area contributed by atoms with Crippen LogP contribution in [0.25, 0.3) is 5.69 Å². The molecule has 2 rings (SSSR count). The summed E-state index contributed by atoms with van der Waals surface area (Å²) < 4.78 is 21.6. The van der Waals surface area contributed by atoms with Gasteiger partial charge in [0.2, 0.25) is 0 Å². The first-order valence-corrected chi connectivity index (χ1v) is 7.35. The Kier molecular flexibility index (Phi) is 4.60. The molecule has 0 unspecified atom stereocenters. The van der Waals surface area contributed by atoms with Crippen LogP contribution < -0.4 is 10.4 Å². The number of thioether (sulfide) groups is 1. The Hall–Kier alpha value is -1.91. The minimum absolute atomic E-state index is 0.0159. The average Bonchev–Trinajstić information content (AvgIpc) is 2.74. The first-order chi connectivity index (χ1) is 9.99. The van der Waals surface area contributed by atoms with Gasteiger partial charge in [0, 0.05) is 13.1 Å². The van der Waals surface area contributed by atoms with Crippen LogP contribution >= 0.6 is 23.4 Å². The number of ether oxygens (including phenoxy) is 1. The van der Waals surface area contributed by atoms with Crippen molar-refractivity contribution in [2.24, 2.45) is 7.05 Å². The van der Waals surface area contributed by atoms with Gasteiger partial charge in [-0.15, -0.1) is 11.5 Å². The predicted molar refractivity (Wildman–Crippen MR) is 79.9 cm³/mol. The summed E-state index contributed by atoms with van der Waals surface area (Å²) in [5.74, 6) is 1.79. The molecule has 21 heavy (non-hydrogen) atoms. The molecule has 5 nitrogen and oxygen atoms in total. The molecule has 0 atom stereocenters. The summed E-state index contributed by atoms with van der Waals surface area (Å²) in [5, 5.41) is 4.59. The van der Waals surface area contributed by atoms with Gasteiger partial charge in [0.15, 0.2) is 11.0 Å². The molecule has 2 aromatic rings. The highest BCUT2D eigenvalue weighted by Gasteiger charge is 2.17. The summed E-state index contributed by atoms with van der Waals surface area (Å²) in [6.07, 6.45) is 6.87. The number of rotatable bonds is 4. The van der Waals surface area contributed by atoms with Crippen molar-refractivity contribution in [3.8, 4) is 23.8 Å². The topological polar surface area (TPSA) is 49.0 Å². The summed E-state index contributed by atoms with van der Waals surface area (Å²) in [4.78, 5) is 12.1. The molecular weight excluding hydrogens is 317 g/mol. The lowest BCUT2D eigenvalue weighted by Crippen LogP contribution is -2.22. The van der Waals surface area contributed by atoms with Crippen LogP contribution in [0.5, 0.6) is 5.75 Å². The lowest BCUT2D eigenvalue weighted by atomic mass is 10.3. The van der Waals surface area contributed by atoms with Crippen LogP contribution in [-0.2, 0) is 7.05 Å². The summed E-state index contributed by atoms with van der Waals surface area (Å²) in [7, 11) is 1.56.